The average Bonchev–Trinajstić information content (AvgIpc) is 2.18. The van der Waals surface area contributed by atoms with Crippen LogP contribution < -0.4 is 0 Å². The van der Waals surface area contributed by atoms with Crippen molar-refractivity contribution < 1.29 is 4.79 Å². The van der Waals surface area contributed by atoms with Crippen molar-refractivity contribution in [2.75, 3.05) is 0 Å². The fourth-order valence-electron chi connectivity index (χ4n) is 1.45. The maximum Gasteiger partial charge on any atom is 0.138 e. The summed E-state index contributed by atoms with van der Waals surface area (Å²) in [5.41, 5.74) is 2.11. The Morgan fingerprint density at radius 3 is 2.60 bits per heavy atom. The van der Waals surface area contributed by atoms with Crippen molar-refractivity contribution in [1.29, 1.82) is 0 Å². The highest BCUT2D eigenvalue weighted by molar-refractivity contribution is 5.80. The molecule has 2 nitrogen and oxygen atoms in total. The van der Waals surface area contributed by atoms with E-state index in [0.717, 1.165) is 12.1 Å². The van der Waals surface area contributed by atoms with Crippen molar-refractivity contribution in [3.05, 3.63) is 29.6 Å². The second-order valence-corrected chi connectivity index (χ2v) is 4.20. The van der Waals surface area contributed by atoms with Gasteiger partial charge < -0.3 is 0 Å². The normalized spacial score (nSPS) is 10.7. The Kier molecular flexibility index (Phi) is 4.47. The monoisotopic (exact) mass is 205 g/mol. The SMILES string of the molecule is CCCC(=O)Cc1ccc(C(C)C)cn1. The Morgan fingerprint density at radius 1 is 1.40 bits per heavy atom. The van der Waals surface area contributed by atoms with Gasteiger partial charge in [-0.15, -0.1) is 0 Å². The molecule has 0 saturated carbocycles. The van der Waals surface area contributed by atoms with Crippen molar-refractivity contribution >= 4 is 5.78 Å². The van der Waals surface area contributed by atoms with E-state index in [1.165, 1.54) is 5.56 Å². The van der Waals surface area contributed by atoms with Crippen molar-refractivity contribution in [3.63, 3.8) is 0 Å². The van der Waals surface area contributed by atoms with Gasteiger partial charge >= 0.3 is 0 Å². The standard InChI is InChI=1S/C13H19NO/c1-4-5-13(15)8-12-7-6-11(9-14-12)10(2)3/h6-7,9-10H,4-5,8H2,1-3H3. The van der Waals surface area contributed by atoms with Gasteiger partial charge in [0.2, 0.25) is 0 Å². The third-order valence-corrected chi connectivity index (χ3v) is 2.42. The summed E-state index contributed by atoms with van der Waals surface area (Å²) in [6.45, 7) is 6.30. The Bertz CT molecular complexity index is 314. The lowest BCUT2D eigenvalue weighted by Gasteiger charge is -2.05. The summed E-state index contributed by atoms with van der Waals surface area (Å²) in [4.78, 5) is 15.7. The van der Waals surface area contributed by atoms with E-state index in [4.69, 9.17) is 0 Å². The smallest absolute Gasteiger partial charge is 0.138 e. The van der Waals surface area contributed by atoms with Crippen LogP contribution in [0.15, 0.2) is 18.3 Å². The van der Waals surface area contributed by atoms with Crippen LogP contribution in [-0.2, 0) is 11.2 Å². The van der Waals surface area contributed by atoms with Gasteiger partial charge in [0.1, 0.15) is 5.78 Å². The van der Waals surface area contributed by atoms with Gasteiger partial charge in [-0.3, -0.25) is 9.78 Å². The molecule has 1 aromatic heterocycles. The van der Waals surface area contributed by atoms with Crippen LogP contribution in [0.3, 0.4) is 0 Å². The van der Waals surface area contributed by atoms with Crippen LogP contribution in [0.1, 0.15) is 50.8 Å². The van der Waals surface area contributed by atoms with Crippen LogP contribution >= 0.6 is 0 Å². The van der Waals surface area contributed by atoms with Crippen molar-refractivity contribution in [2.45, 2.75) is 46.0 Å². The van der Waals surface area contributed by atoms with Crippen LogP contribution in [0.4, 0.5) is 0 Å². The van der Waals surface area contributed by atoms with E-state index in [1.54, 1.807) is 0 Å². The van der Waals surface area contributed by atoms with Gasteiger partial charge in [-0.1, -0.05) is 26.8 Å². The van der Waals surface area contributed by atoms with E-state index in [1.807, 2.05) is 19.2 Å². The summed E-state index contributed by atoms with van der Waals surface area (Å²) < 4.78 is 0. The van der Waals surface area contributed by atoms with E-state index in [2.05, 4.69) is 24.9 Å². The van der Waals surface area contributed by atoms with Gasteiger partial charge in [0, 0.05) is 24.7 Å². The van der Waals surface area contributed by atoms with E-state index >= 15 is 0 Å². The summed E-state index contributed by atoms with van der Waals surface area (Å²) in [7, 11) is 0. The number of pyridine rings is 1. The third kappa shape index (κ3) is 3.82. The lowest BCUT2D eigenvalue weighted by molar-refractivity contribution is -0.118. The predicted octanol–water partition coefficient (Wildman–Crippen LogP) is 3.12. The molecule has 0 radical (unpaired) electrons. The van der Waals surface area contributed by atoms with Crippen molar-refractivity contribution in [2.24, 2.45) is 0 Å². The largest absolute Gasteiger partial charge is 0.299 e. The molecule has 0 N–H and O–H groups in total. The topological polar surface area (TPSA) is 30.0 Å². The van der Waals surface area contributed by atoms with Crippen LogP contribution in [0.2, 0.25) is 0 Å². The van der Waals surface area contributed by atoms with E-state index in [9.17, 15) is 4.79 Å². The first kappa shape index (κ1) is 11.9. The maximum atomic E-state index is 11.4. The second kappa shape index (κ2) is 5.64. The second-order valence-electron chi connectivity index (χ2n) is 4.20. The molecule has 2 heteroatoms. The van der Waals surface area contributed by atoms with Gasteiger partial charge in [0.25, 0.3) is 0 Å². The minimum absolute atomic E-state index is 0.280. The molecule has 0 atom stereocenters. The number of aromatic nitrogens is 1. The maximum absolute atomic E-state index is 11.4. The zero-order valence-electron chi connectivity index (χ0n) is 9.79. The number of hydrogen-bond donors (Lipinski definition) is 0. The Labute approximate surface area is 91.7 Å². The summed E-state index contributed by atoms with van der Waals surface area (Å²) in [6.07, 6.45) is 3.93. The number of ketones is 1. The molecule has 0 aliphatic rings. The average molecular weight is 205 g/mol. The molecular formula is C13H19NO. The zero-order chi connectivity index (χ0) is 11.3. The van der Waals surface area contributed by atoms with Crippen LogP contribution in [0, 0.1) is 0 Å². The molecule has 0 saturated heterocycles. The Hall–Kier alpha value is -1.18. The molecule has 0 aliphatic heterocycles. The molecule has 0 spiro atoms. The van der Waals surface area contributed by atoms with Gasteiger partial charge in [-0.25, -0.2) is 0 Å². The number of carbonyl (C=O) groups is 1. The number of hydrogen-bond acceptors (Lipinski definition) is 2. The summed E-state index contributed by atoms with van der Waals surface area (Å²) >= 11 is 0. The molecule has 82 valence electrons. The van der Waals surface area contributed by atoms with Gasteiger partial charge in [-0.2, -0.15) is 0 Å². The molecular weight excluding hydrogens is 186 g/mol. The molecule has 0 aliphatic carbocycles. The summed E-state index contributed by atoms with van der Waals surface area (Å²) in [6, 6.07) is 4.02. The molecule has 1 heterocycles. The molecule has 1 rings (SSSR count). The summed E-state index contributed by atoms with van der Waals surface area (Å²) in [5.74, 6) is 0.778. The first-order valence-corrected chi connectivity index (χ1v) is 5.60. The van der Waals surface area contributed by atoms with Crippen LogP contribution in [0.25, 0.3) is 0 Å². The quantitative estimate of drug-likeness (QED) is 0.739. The van der Waals surface area contributed by atoms with Crippen molar-refractivity contribution in [1.82, 2.24) is 4.98 Å². The van der Waals surface area contributed by atoms with Gasteiger partial charge in [-0.05, 0) is 24.0 Å². The first-order chi connectivity index (χ1) is 7.13. The third-order valence-electron chi connectivity index (χ3n) is 2.42. The van der Waals surface area contributed by atoms with Crippen LogP contribution in [0.5, 0.6) is 0 Å². The fraction of sp³-hybridized carbons (Fsp3) is 0.538. The summed E-state index contributed by atoms with van der Waals surface area (Å²) in [5, 5.41) is 0. The molecule has 0 bridgehead atoms. The Balaban J connectivity index is 2.60. The highest BCUT2D eigenvalue weighted by atomic mass is 16.1. The van der Waals surface area contributed by atoms with Gasteiger partial charge in [0.15, 0.2) is 0 Å². The lowest BCUT2D eigenvalue weighted by atomic mass is 10.0. The molecule has 0 unspecified atom stereocenters. The number of rotatable bonds is 5. The number of carbonyl (C=O) groups excluding carboxylic acids is 1. The van der Waals surface area contributed by atoms with E-state index < -0.39 is 0 Å². The molecule has 1 aromatic rings. The minimum Gasteiger partial charge on any atom is -0.299 e. The van der Waals surface area contributed by atoms with Gasteiger partial charge in [0.05, 0.1) is 0 Å². The Morgan fingerprint density at radius 2 is 2.13 bits per heavy atom. The number of Topliss-reactive ketones (excluding diaryl/α,β-unsaturated/α-hetero) is 1. The molecule has 0 fully saturated rings. The first-order valence-electron chi connectivity index (χ1n) is 5.60. The molecule has 15 heavy (non-hydrogen) atoms. The predicted molar refractivity (Wildman–Crippen MR) is 61.9 cm³/mol. The lowest BCUT2D eigenvalue weighted by Crippen LogP contribution is -2.04. The van der Waals surface area contributed by atoms with E-state index in [0.29, 0.717) is 18.8 Å². The zero-order valence-corrected chi connectivity index (χ0v) is 9.79. The molecule has 0 aromatic carbocycles. The van der Waals surface area contributed by atoms with E-state index in [-0.39, 0.29) is 5.78 Å². The fourth-order valence-corrected chi connectivity index (χ4v) is 1.45. The minimum atomic E-state index is 0.280. The molecule has 0 amide bonds. The highest BCUT2D eigenvalue weighted by Crippen LogP contribution is 2.13. The van der Waals surface area contributed by atoms with Crippen molar-refractivity contribution in [3.8, 4) is 0 Å². The number of nitrogens with zero attached hydrogens (tertiary/aromatic N) is 1. The highest BCUT2D eigenvalue weighted by Gasteiger charge is 2.04. The van der Waals surface area contributed by atoms with Crippen LogP contribution in [-0.4, -0.2) is 10.8 Å².